The van der Waals surface area contributed by atoms with E-state index in [1.54, 1.807) is 7.11 Å². The molecule has 7 heteroatoms. The summed E-state index contributed by atoms with van der Waals surface area (Å²) in [6.45, 7) is 3.88. The minimum absolute atomic E-state index is 0.232. The third-order valence-corrected chi connectivity index (χ3v) is 4.78. The van der Waals surface area contributed by atoms with Crippen molar-refractivity contribution in [3.63, 3.8) is 0 Å². The van der Waals surface area contributed by atoms with Crippen molar-refractivity contribution in [3.8, 4) is 5.88 Å². The number of hydrogen-bond acceptors (Lipinski definition) is 6. The number of rotatable bonds is 3. The molecule has 0 amide bonds. The second-order valence-electron chi connectivity index (χ2n) is 6.50. The van der Waals surface area contributed by atoms with Gasteiger partial charge in [0.25, 0.3) is 0 Å². The predicted octanol–water partition coefficient (Wildman–Crippen LogP) is 2.64. The molecule has 1 aliphatic heterocycles. The number of aromatic amines is 1. The molecule has 0 saturated carbocycles. The number of hydrogen-bond donors (Lipinski definition) is 2. The Kier molecular flexibility index (Phi) is 3.91. The van der Waals surface area contributed by atoms with Crippen molar-refractivity contribution < 1.29 is 4.74 Å². The lowest BCUT2D eigenvalue weighted by atomic mass is 9.97. The van der Waals surface area contributed by atoms with Crippen LogP contribution in [0.1, 0.15) is 30.1 Å². The molecule has 4 rings (SSSR count). The number of methoxy groups -OCH3 is 1. The predicted molar refractivity (Wildman–Crippen MR) is 98.0 cm³/mol. The fourth-order valence-corrected chi connectivity index (χ4v) is 3.49. The Labute approximate surface area is 146 Å². The second-order valence-corrected chi connectivity index (χ2v) is 6.50. The van der Waals surface area contributed by atoms with Crippen LogP contribution in [0, 0.1) is 6.92 Å². The van der Waals surface area contributed by atoms with E-state index in [1.807, 2.05) is 6.07 Å². The van der Waals surface area contributed by atoms with Crippen LogP contribution >= 0.6 is 0 Å². The number of H-pyrrole nitrogens is 1. The summed E-state index contributed by atoms with van der Waals surface area (Å²) in [5.41, 5.74) is 9.16. The summed E-state index contributed by atoms with van der Waals surface area (Å²) in [4.78, 5) is 19.0. The molecular weight excluding hydrogens is 316 g/mol. The van der Waals surface area contributed by atoms with Gasteiger partial charge in [-0.3, -0.25) is 0 Å². The van der Waals surface area contributed by atoms with Gasteiger partial charge in [0.2, 0.25) is 11.8 Å². The zero-order valence-electron chi connectivity index (χ0n) is 14.5. The van der Waals surface area contributed by atoms with Gasteiger partial charge >= 0.3 is 0 Å². The summed E-state index contributed by atoms with van der Waals surface area (Å²) in [6, 6.07) is 8.07. The molecule has 0 unspecified atom stereocenters. The van der Waals surface area contributed by atoms with E-state index in [4.69, 9.17) is 15.5 Å². The maximum absolute atomic E-state index is 5.81. The van der Waals surface area contributed by atoms with Gasteiger partial charge in [0.15, 0.2) is 0 Å². The molecule has 3 N–H and O–H groups in total. The third kappa shape index (κ3) is 2.97. The monoisotopic (exact) mass is 338 g/mol. The highest BCUT2D eigenvalue weighted by atomic mass is 16.5. The average molecular weight is 338 g/mol. The van der Waals surface area contributed by atoms with Gasteiger partial charge in [0.05, 0.1) is 18.1 Å². The van der Waals surface area contributed by atoms with E-state index >= 15 is 0 Å². The van der Waals surface area contributed by atoms with Crippen molar-refractivity contribution in [3.05, 3.63) is 35.7 Å². The number of anilines is 2. The first-order chi connectivity index (χ1) is 12.1. The van der Waals surface area contributed by atoms with E-state index in [2.05, 4.69) is 45.0 Å². The Bertz CT molecular complexity index is 906. The van der Waals surface area contributed by atoms with Gasteiger partial charge in [-0.2, -0.15) is 9.97 Å². The smallest absolute Gasteiger partial charge is 0.225 e. The summed E-state index contributed by atoms with van der Waals surface area (Å²) < 4.78 is 5.21. The average Bonchev–Trinajstić information content (AvgIpc) is 3.07. The molecule has 3 aromatic rings. The Balaban J connectivity index is 1.62. The first kappa shape index (κ1) is 15.7. The van der Waals surface area contributed by atoms with Crippen LogP contribution in [0.25, 0.3) is 11.0 Å². The topological polar surface area (TPSA) is 93.0 Å². The summed E-state index contributed by atoms with van der Waals surface area (Å²) in [6.07, 6.45) is 2.18. The number of benzene rings is 1. The van der Waals surface area contributed by atoms with Crippen LogP contribution in [-0.2, 0) is 0 Å². The maximum atomic E-state index is 5.81. The van der Waals surface area contributed by atoms with Gasteiger partial charge in [0, 0.05) is 25.1 Å². The molecule has 130 valence electrons. The zero-order valence-corrected chi connectivity index (χ0v) is 14.5. The second kappa shape index (κ2) is 6.23. The highest BCUT2D eigenvalue weighted by Gasteiger charge is 2.25. The van der Waals surface area contributed by atoms with Crippen LogP contribution in [0.5, 0.6) is 5.88 Å². The van der Waals surface area contributed by atoms with E-state index in [9.17, 15) is 0 Å². The zero-order chi connectivity index (χ0) is 17.4. The number of nitrogens with zero attached hydrogens (tertiary/aromatic N) is 4. The van der Waals surface area contributed by atoms with Gasteiger partial charge in [-0.05, 0) is 31.4 Å². The van der Waals surface area contributed by atoms with Crippen molar-refractivity contribution in [2.75, 3.05) is 30.8 Å². The molecule has 1 saturated heterocycles. The van der Waals surface area contributed by atoms with Crippen molar-refractivity contribution in [1.29, 1.82) is 0 Å². The molecule has 0 radical (unpaired) electrons. The van der Waals surface area contributed by atoms with Crippen LogP contribution < -0.4 is 15.4 Å². The molecule has 3 heterocycles. The third-order valence-electron chi connectivity index (χ3n) is 4.78. The molecule has 1 atom stereocenters. The number of nitrogen functional groups attached to an aromatic ring is 1. The van der Waals surface area contributed by atoms with Crippen LogP contribution in [0.2, 0.25) is 0 Å². The number of aryl methyl sites for hydroxylation is 1. The van der Waals surface area contributed by atoms with Gasteiger partial charge < -0.3 is 20.4 Å². The van der Waals surface area contributed by atoms with Crippen LogP contribution in [-0.4, -0.2) is 40.1 Å². The molecule has 1 aromatic carbocycles. The normalized spacial score (nSPS) is 17.8. The number of fused-ring (bicyclic) bond motifs is 1. The van der Waals surface area contributed by atoms with Crippen molar-refractivity contribution >= 4 is 22.8 Å². The quantitative estimate of drug-likeness (QED) is 0.762. The van der Waals surface area contributed by atoms with Crippen molar-refractivity contribution in [1.82, 2.24) is 19.9 Å². The molecule has 7 nitrogen and oxygen atoms in total. The van der Waals surface area contributed by atoms with Gasteiger partial charge in [-0.25, -0.2) is 4.98 Å². The van der Waals surface area contributed by atoms with Crippen molar-refractivity contribution in [2.45, 2.75) is 25.7 Å². The number of aromatic nitrogens is 4. The van der Waals surface area contributed by atoms with Gasteiger partial charge in [-0.15, -0.1) is 0 Å². The van der Waals surface area contributed by atoms with E-state index in [-0.39, 0.29) is 5.95 Å². The number of piperidine rings is 1. The fraction of sp³-hybridized carbons (Fsp3) is 0.389. The number of imidazole rings is 1. The highest BCUT2D eigenvalue weighted by Crippen LogP contribution is 2.30. The molecule has 0 aliphatic carbocycles. The highest BCUT2D eigenvalue weighted by molar-refractivity contribution is 5.78. The lowest BCUT2D eigenvalue weighted by Crippen LogP contribution is -2.35. The Morgan fingerprint density at radius 2 is 2.16 bits per heavy atom. The Hall–Kier alpha value is -2.83. The Morgan fingerprint density at radius 1 is 1.28 bits per heavy atom. The standard InChI is InChI=1S/C18H22N6O/c1-11-5-3-7-13-16(11)23-17(20-13)12-6-4-8-24(10-12)14-9-15(25-2)22-18(19)21-14/h3,5,7,9,12H,4,6,8,10H2,1-2H3,(H,20,23)(H2,19,21,22)/t12-/m0/s1. The molecule has 2 aromatic heterocycles. The number of nitrogens with one attached hydrogen (secondary N) is 1. The van der Waals surface area contributed by atoms with Crippen LogP contribution in [0.4, 0.5) is 11.8 Å². The number of para-hydroxylation sites is 1. The van der Waals surface area contributed by atoms with Crippen LogP contribution in [0.3, 0.4) is 0 Å². The molecule has 0 bridgehead atoms. The summed E-state index contributed by atoms with van der Waals surface area (Å²) in [5, 5.41) is 0. The molecule has 0 spiro atoms. The van der Waals surface area contributed by atoms with E-state index in [1.165, 1.54) is 5.56 Å². The van der Waals surface area contributed by atoms with Gasteiger partial charge in [-0.1, -0.05) is 12.1 Å². The number of ether oxygens (including phenoxy) is 1. The molecular formula is C18H22N6O. The summed E-state index contributed by atoms with van der Waals surface area (Å²) >= 11 is 0. The minimum atomic E-state index is 0.232. The first-order valence-corrected chi connectivity index (χ1v) is 8.53. The summed E-state index contributed by atoms with van der Waals surface area (Å²) in [5.74, 6) is 2.91. The van der Waals surface area contributed by atoms with E-state index in [0.717, 1.165) is 48.6 Å². The molecule has 1 aliphatic rings. The first-order valence-electron chi connectivity index (χ1n) is 8.53. The van der Waals surface area contributed by atoms with E-state index in [0.29, 0.717) is 11.8 Å². The van der Waals surface area contributed by atoms with Crippen molar-refractivity contribution in [2.24, 2.45) is 0 Å². The molecule has 1 fully saturated rings. The van der Waals surface area contributed by atoms with E-state index < -0.39 is 0 Å². The SMILES string of the molecule is COc1cc(N2CCC[C@H](c3nc4c(C)cccc4[nH]3)C2)nc(N)n1. The fourth-order valence-electron chi connectivity index (χ4n) is 3.49. The lowest BCUT2D eigenvalue weighted by molar-refractivity contribution is 0.397. The molecule has 25 heavy (non-hydrogen) atoms. The summed E-state index contributed by atoms with van der Waals surface area (Å²) in [7, 11) is 1.58. The lowest BCUT2D eigenvalue weighted by Gasteiger charge is -2.32. The maximum Gasteiger partial charge on any atom is 0.225 e. The minimum Gasteiger partial charge on any atom is -0.481 e. The Morgan fingerprint density at radius 3 is 2.96 bits per heavy atom. The largest absolute Gasteiger partial charge is 0.481 e. The van der Waals surface area contributed by atoms with Crippen LogP contribution in [0.15, 0.2) is 24.3 Å². The number of nitrogens with two attached hydrogens (primary N) is 1. The van der Waals surface area contributed by atoms with Gasteiger partial charge in [0.1, 0.15) is 11.6 Å².